The molecule has 2 aromatic carbocycles. The summed E-state index contributed by atoms with van der Waals surface area (Å²) in [6.07, 6.45) is 6.75. The molecule has 0 amide bonds. The summed E-state index contributed by atoms with van der Waals surface area (Å²) in [6.45, 7) is 2.11. The molecule has 0 saturated heterocycles. The van der Waals surface area contributed by atoms with Gasteiger partial charge in [0.15, 0.2) is 0 Å². The standard InChI is InChI=1S/C21H19NO/c1-2-16-10-13-21(23)20(15-16)19-9-4-3-7-17(19)11-12-18-8-5-6-14-22-18/h3-15,23H,2H2,1H3. The molecule has 0 unspecified atom stereocenters. The molecule has 2 heteroatoms. The smallest absolute Gasteiger partial charge is 0.123 e. The Morgan fingerprint density at radius 1 is 0.913 bits per heavy atom. The number of hydrogen-bond acceptors (Lipinski definition) is 2. The van der Waals surface area contributed by atoms with Crippen LogP contribution in [-0.4, -0.2) is 10.1 Å². The second kappa shape index (κ2) is 6.93. The molecule has 0 atom stereocenters. The van der Waals surface area contributed by atoms with Gasteiger partial charge in [-0.05, 0) is 53.5 Å². The van der Waals surface area contributed by atoms with Gasteiger partial charge in [-0.15, -0.1) is 0 Å². The first-order valence-corrected chi connectivity index (χ1v) is 7.78. The zero-order valence-electron chi connectivity index (χ0n) is 13.1. The Balaban J connectivity index is 2.03. The molecular weight excluding hydrogens is 282 g/mol. The van der Waals surface area contributed by atoms with Crippen LogP contribution >= 0.6 is 0 Å². The van der Waals surface area contributed by atoms with Crippen molar-refractivity contribution in [1.82, 2.24) is 4.98 Å². The SMILES string of the molecule is CCc1ccc(O)c(-c2ccccc2C=Cc2ccccn2)c1. The second-order valence-corrected chi connectivity index (χ2v) is 5.38. The number of pyridine rings is 1. The van der Waals surface area contributed by atoms with Crippen LogP contribution in [0.2, 0.25) is 0 Å². The number of aryl methyl sites for hydroxylation is 1. The minimum absolute atomic E-state index is 0.306. The summed E-state index contributed by atoms with van der Waals surface area (Å²) in [5.41, 5.74) is 5.06. The monoisotopic (exact) mass is 301 g/mol. The number of phenolic OH excluding ortho intramolecular Hbond substituents is 1. The molecule has 1 heterocycles. The molecular formula is C21H19NO. The number of phenols is 1. The van der Waals surface area contributed by atoms with Gasteiger partial charge < -0.3 is 5.11 Å². The largest absolute Gasteiger partial charge is 0.507 e. The van der Waals surface area contributed by atoms with Crippen LogP contribution in [0.15, 0.2) is 66.9 Å². The molecule has 3 aromatic rings. The Bertz CT molecular complexity index is 822. The van der Waals surface area contributed by atoms with Crippen LogP contribution < -0.4 is 0 Å². The highest BCUT2D eigenvalue weighted by atomic mass is 16.3. The van der Waals surface area contributed by atoms with Gasteiger partial charge in [0.2, 0.25) is 0 Å². The van der Waals surface area contributed by atoms with Crippen molar-refractivity contribution in [3.63, 3.8) is 0 Å². The normalized spacial score (nSPS) is 11.0. The highest BCUT2D eigenvalue weighted by molar-refractivity contribution is 5.83. The first-order valence-electron chi connectivity index (χ1n) is 7.78. The van der Waals surface area contributed by atoms with E-state index in [0.29, 0.717) is 5.75 Å². The molecule has 1 N–H and O–H groups in total. The van der Waals surface area contributed by atoms with Crippen LogP contribution in [0.5, 0.6) is 5.75 Å². The van der Waals surface area contributed by atoms with Crippen molar-refractivity contribution in [2.45, 2.75) is 13.3 Å². The molecule has 0 aliphatic carbocycles. The fourth-order valence-corrected chi connectivity index (χ4v) is 2.56. The first-order chi connectivity index (χ1) is 11.3. The molecule has 0 radical (unpaired) electrons. The number of hydrogen-bond donors (Lipinski definition) is 1. The average molecular weight is 301 g/mol. The van der Waals surface area contributed by atoms with Gasteiger partial charge in [0.25, 0.3) is 0 Å². The Kier molecular flexibility index (Phi) is 4.53. The summed E-state index contributed by atoms with van der Waals surface area (Å²) in [4.78, 5) is 4.30. The molecule has 0 spiro atoms. The van der Waals surface area contributed by atoms with Gasteiger partial charge in [-0.2, -0.15) is 0 Å². The Morgan fingerprint density at radius 2 is 1.74 bits per heavy atom. The summed E-state index contributed by atoms with van der Waals surface area (Å²) in [6, 6.07) is 19.7. The molecule has 2 nitrogen and oxygen atoms in total. The maximum absolute atomic E-state index is 10.3. The van der Waals surface area contributed by atoms with Crippen molar-refractivity contribution in [1.29, 1.82) is 0 Å². The Morgan fingerprint density at radius 3 is 2.52 bits per heavy atom. The highest BCUT2D eigenvalue weighted by Crippen LogP contribution is 2.33. The van der Waals surface area contributed by atoms with E-state index < -0.39 is 0 Å². The van der Waals surface area contributed by atoms with E-state index >= 15 is 0 Å². The van der Waals surface area contributed by atoms with Crippen molar-refractivity contribution >= 4 is 12.2 Å². The maximum atomic E-state index is 10.3. The molecule has 0 bridgehead atoms. The van der Waals surface area contributed by atoms with Crippen LogP contribution in [0.3, 0.4) is 0 Å². The molecule has 23 heavy (non-hydrogen) atoms. The zero-order valence-corrected chi connectivity index (χ0v) is 13.1. The first kappa shape index (κ1) is 15.0. The van der Waals surface area contributed by atoms with Crippen molar-refractivity contribution < 1.29 is 5.11 Å². The lowest BCUT2D eigenvalue weighted by Gasteiger charge is -2.10. The van der Waals surface area contributed by atoms with Crippen LogP contribution in [0.25, 0.3) is 23.3 Å². The topological polar surface area (TPSA) is 33.1 Å². The predicted molar refractivity (Wildman–Crippen MR) is 96.1 cm³/mol. The van der Waals surface area contributed by atoms with Gasteiger partial charge in [0, 0.05) is 11.8 Å². The van der Waals surface area contributed by atoms with Crippen LogP contribution in [0.4, 0.5) is 0 Å². The number of aromatic nitrogens is 1. The molecule has 0 fully saturated rings. The molecule has 3 rings (SSSR count). The van der Waals surface area contributed by atoms with E-state index in [1.807, 2.05) is 60.7 Å². The maximum Gasteiger partial charge on any atom is 0.123 e. The summed E-state index contributed by atoms with van der Waals surface area (Å²) in [5, 5.41) is 10.3. The number of rotatable bonds is 4. The van der Waals surface area contributed by atoms with Gasteiger partial charge in [0.05, 0.1) is 5.69 Å². The number of nitrogens with zero attached hydrogens (tertiary/aromatic N) is 1. The third-order valence-electron chi connectivity index (χ3n) is 3.84. The van der Waals surface area contributed by atoms with Gasteiger partial charge in [-0.3, -0.25) is 4.98 Å². The van der Waals surface area contributed by atoms with E-state index in [-0.39, 0.29) is 0 Å². The molecule has 1 aromatic heterocycles. The third kappa shape index (κ3) is 3.49. The lowest BCUT2D eigenvalue weighted by atomic mass is 9.96. The van der Waals surface area contributed by atoms with E-state index in [9.17, 15) is 5.11 Å². The molecule has 0 aliphatic rings. The van der Waals surface area contributed by atoms with Crippen molar-refractivity contribution in [2.75, 3.05) is 0 Å². The van der Waals surface area contributed by atoms with Gasteiger partial charge in [0.1, 0.15) is 5.75 Å². The zero-order chi connectivity index (χ0) is 16.1. The summed E-state index contributed by atoms with van der Waals surface area (Å²) < 4.78 is 0. The van der Waals surface area contributed by atoms with E-state index in [2.05, 4.69) is 18.0 Å². The quantitative estimate of drug-likeness (QED) is 0.719. The summed E-state index contributed by atoms with van der Waals surface area (Å²) in [7, 11) is 0. The second-order valence-electron chi connectivity index (χ2n) is 5.38. The van der Waals surface area contributed by atoms with Gasteiger partial charge in [-0.25, -0.2) is 0 Å². The Hall–Kier alpha value is -2.87. The third-order valence-corrected chi connectivity index (χ3v) is 3.84. The predicted octanol–water partition coefficient (Wildman–Crippen LogP) is 5.19. The fourth-order valence-electron chi connectivity index (χ4n) is 2.56. The molecule has 0 saturated carbocycles. The minimum atomic E-state index is 0.306. The van der Waals surface area contributed by atoms with E-state index in [0.717, 1.165) is 28.8 Å². The Labute approximate surface area is 136 Å². The van der Waals surface area contributed by atoms with E-state index in [1.165, 1.54) is 5.56 Å². The lowest BCUT2D eigenvalue weighted by Crippen LogP contribution is -1.87. The van der Waals surface area contributed by atoms with E-state index in [4.69, 9.17) is 0 Å². The lowest BCUT2D eigenvalue weighted by molar-refractivity contribution is 0.477. The van der Waals surface area contributed by atoms with Gasteiger partial charge in [-0.1, -0.05) is 49.4 Å². The summed E-state index contributed by atoms with van der Waals surface area (Å²) >= 11 is 0. The average Bonchev–Trinajstić information content (AvgIpc) is 2.62. The van der Waals surface area contributed by atoms with Crippen LogP contribution in [0, 0.1) is 0 Å². The fraction of sp³-hybridized carbons (Fsp3) is 0.0952. The van der Waals surface area contributed by atoms with Crippen molar-refractivity contribution in [2.24, 2.45) is 0 Å². The van der Waals surface area contributed by atoms with Crippen LogP contribution in [-0.2, 0) is 6.42 Å². The van der Waals surface area contributed by atoms with Crippen LogP contribution in [0.1, 0.15) is 23.7 Å². The van der Waals surface area contributed by atoms with Gasteiger partial charge >= 0.3 is 0 Å². The number of benzene rings is 2. The number of aromatic hydroxyl groups is 1. The molecule has 114 valence electrons. The van der Waals surface area contributed by atoms with E-state index in [1.54, 1.807) is 12.3 Å². The van der Waals surface area contributed by atoms with Crippen molar-refractivity contribution in [3.05, 3.63) is 83.7 Å². The van der Waals surface area contributed by atoms with Crippen molar-refractivity contribution in [3.8, 4) is 16.9 Å². The molecule has 0 aliphatic heterocycles. The minimum Gasteiger partial charge on any atom is -0.507 e. The summed E-state index contributed by atoms with van der Waals surface area (Å²) in [5.74, 6) is 0.306. The highest BCUT2D eigenvalue weighted by Gasteiger charge is 2.08.